The number of benzene rings is 1. The lowest BCUT2D eigenvalue weighted by molar-refractivity contribution is 0.0538. The minimum Gasteiger partial charge on any atom is -0.353 e. The Labute approximate surface area is 157 Å². The second-order valence-electron chi connectivity index (χ2n) is 5.65. The molecule has 0 saturated heterocycles. The molecule has 1 heterocycles. The number of allylic oxidation sites excluding steroid dienone is 3. The standard InChI is InChI=1S/C19H21ClN4O2/c1-12(2)9-13(3)22-18-10-17(15(20)11-21-18)23-16-8-6-5-7-14(16)19(25)24-26-4/h5-11H,1H2,2-4H3,(H,24,25)(H2,21,22,23)/b13-9+. The van der Waals surface area contributed by atoms with E-state index in [0.29, 0.717) is 27.8 Å². The number of nitrogens with zero attached hydrogens (tertiary/aromatic N) is 1. The van der Waals surface area contributed by atoms with E-state index in [4.69, 9.17) is 16.4 Å². The van der Waals surface area contributed by atoms with E-state index in [1.807, 2.05) is 26.0 Å². The van der Waals surface area contributed by atoms with E-state index in [-0.39, 0.29) is 5.91 Å². The molecule has 1 aromatic carbocycles. The molecule has 7 heteroatoms. The number of nitrogens with one attached hydrogen (secondary N) is 3. The van der Waals surface area contributed by atoms with Crippen molar-refractivity contribution in [2.24, 2.45) is 0 Å². The highest BCUT2D eigenvalue weighted by Gasteiger charge is 2.12. The molecular formula is C19H21ClN4O2. The van der Waals surface area contributed by atoms with Crippen LogP contribution in [0.15, 0.2) is 60.5 Å². The predicted octanol–water partition coefficient (Wildman–Crippen LogP) is 4.66. The fraction of sp³-hybridized carbons (Fsp3) is 0.158. The number of aromatic nitrogens is 1. The normalized spacial score (nSPS) is 11.0. The van der Waals surface area contributed by atoms with Crippen LogP contribution in [0.25, 0.3) is 0 Å². The Hall–Kier alpha value is -2.83. The van der Waals surface area contributed by atoms with Crippen LogP contribution in [0.5, 0.6) is 0 Å². The Morgan fingerprint density at radius 3 is 2.69 bits per heavy atom. The lowest BCUT2D eigenvalue weighted by Crippen LogP contribution is -2.22. The fourth-order valence-electron chi connectivity index (χ4n) is 2.29. The van der Waals surface area contributed by atoms with Gasteiger partial charge in [0.15, 0.2) is 0 Å². The molecule has 0 unspecified atom stereocenters. The third kappa shape index (κ3) is 5.34. The first kappa shape index (κ1) is 19.5. The van der Waals surface area contributed by atoms with Crippen molar-refractivity contribution in [2.45, 2.75) is 13.8 Å². The maximum Gasteiger partial charge on any atom is 0.276 e. The minimum atomic E-state index is -0.362. The van der Waals surface area contributed by atoms with E-state index < -0.39 is 0 Å². The van der Waals surface area contributed by atoms with Gasteiger partial charge in [-0.3, -0.25) is 9.63 Å². The largest absolute Gasteiger partial charge is 0.353 e. The number of anilines is 3. The summed E-state index contributed by atoms with van der Waals surface area (Å²) in [6.45, 7) is 7.68. The van der Waals surface area contributed by atoms with Crippen LogP contribution in [0.3, 0.4) is 0 Å². The molecule has 1 aromatic heterocycles. The third-order valence-electron chi connectivity index (χ3n) is 3.28. The van der Waals surface area contributed by atoms with Crippen molar-refractivity contribution < 1.29 is 9.63 Å². The average Bonchev–Trinajstić information content (AvgIpc) is 2.58. The summed E-state index contributed by atoms with van der Waals surface area (Å²) >= 11 is 6.25. The summed E-state index contributed by atoms with van der Waals surface area (Å²) in [6, 6.07) is 8.82. The second-order valence-corrected chi connectivity index (χ2v) is 6.06. The number of amides is 1. The van der Waals surface area contributed by atoms with E-state index in [0.717, 1.165) is 11.3 Å². The first-order valence-corrected chi connectivity index (χ1v) is 8.24. The molecule has 136 valence electrons. The van der Waals surface area contributed by atoms with Crippen molar-refractivity contribution in [1.82, 2.24) is 10.5 Å². The molecule has 0 aliphatic rings. The molecule has 0 bridgehead atoms. The van der Waals surface area contributed by atoms with Gasteiger partial charge in [0.25, 0.3) is 5.91 Å². The van der Waals surface area contributed by atoms with Gasteiger partial charge in [0, 0.05) is 11.8 Å². The Morgan fingerprint density at radius 2 is 2.00 bits per heavy atom. The van der Waals surface area contributed by atoms with E-state index >= 15 is 0 Å². The predicted molar refractivity (Wildman–Crippen MR) is 106 cm³/mol. The zero-order valence-corrected chi connectivity index (χ0v) is 15.6. The molecule has 0 fully saturated rings. The van der Waals surface area contributed by atoms with Crippen LogP contribution in [0.4, 0.5) is 17.2 Å². The summed E-state index contributed by atoms with van der Waals surface area (Å²) < 4.78 is 0. The van der Waals surface area contributed by atoms with Crippen molar-refractivity contribution in [2.75, 3.05) is 17.7 Å². The van der Waals surface area contributed by atoms with E-state index in [9.17, 15) is 4.79 Å². The van der Waals surface area contributed by atoms with Gasteiger partial charge in [0.2, 0.25) is 0 Å². The molecule has 3 N–H and O–H groups in total. The van der Waals surface area contributed by atoms with Crippen molar-refractivity contribution >= 4 is 34.7 Å². The Kier molecular flexibility index (Phi) is 6.77. The highest BCUT2D eigenvalue weighted by atomic mass is 35.5. The van der Waals surface area contributed by atoms with Crippen LogP contribution in [0, 0.1) is 0 Å². The molecule has 2 rings (SSSR count). The van der Waals surface area contributed by atoms with Crippen LogP contribution in [0.1, 0.15) is 24.2 Å². The van der Waals surface area contributed by atoms with Crippen LogP contribution >= 0.6 is 11.6 Å². The smallest absolute Gasteiger partial charge is 0.276 e. The number of hydroxylamine groups is 1. The zero-order valence-electron chi connectivity index (χ0n) is 14.9. The van der Waals surface area contributed by atoms with E-state index in [1.54, 1.807) is 24.3 Å². The van der Waals surface area contributed by atoms with Gasteiger partial charge in [-0.05, 0) is 32.1 Å². The SMILES string of the molecule is C=C(C)/C=C(\C)Nc1cc(Nc2ccccc2C(=O)NOC)c(Cl)cn1. The second kappa shape index (κ2) is 9.03. The van der Waals surface area contributed by atoms with Gasteiger partial charge in [-0.2, -0.15) is 0 Å². The number of carbonyl (C=O) groups excluding carboxylic acids is 1. The summed E-state index contributed by atoms with van der Waals surface area (Å²) in [7, 11) is 1.38. The Balaban J connectivity index is 2.29. The Morgan fingerprint density at radius 1 is 1.27 bits per heavy atom. The van der Waals surface area contributed by atoms with Crippen molar-refractivity contribution in [3.63, 3.8) is 0 Å². The first-order valence-electron chi connectivity index (χ1n) is 7.86. The van der Waals surface area contributed by atoms with Gasteiger partial charge in [0.05, 0.1) is 35.3 Å². The number of rotatable bonds is 7. The number of pyridine rings is 1. The summed E-state index contributed by atoms with van der Waals surface area (Å²) in [6.07, 6.45) is 3.45. The lowest BCUT2D eigenvalue weighted by atomic mass is 10.1. The van der Waals surface area contributed by atoms with Crippen molar-refractivity contribution in [1.29, 1.82) is 0 Å². The van der Waals surface area contributed by atoms with Crippen molar-refractivity contribution in [3.8, 4) is 0 Å². The molecule has 6 nitrogen and oxygen atoms in total. The molecule has 26 heavy (non-hydrogen) atoms. The molecule has 0 aliphatic carbocycles. The maximum atomic E-state index is 12.1. The molecule has 0 radical (unpaired) electrons. The molecule has 0 aliphatic heterocycles. The third-order valence-corrected chi connectivity index (χ3v) is 3.58. The molecule has 2 aromatic rings. The maximum absolute atomic E-state index is 12.1. The van der Waals surface area contributed by atoms with Crippen LogP contribution in [-0.4, -0.2) is 18.0 Å². The Bertz CT molecular complexity index is 849. The van der Waals surface area contributed by atoms with Gasteiger partial charge in [0.1, 0.15) is 5.82 Å². The zero-order chi connectivity index (χ0) is 19.1. The van der Waals surface area contributed by atoms with Gasteiger partial charge in [-0.15, -0.1) is 0 Å². The lowest BCUT2D eigenvalue weighted by Gasteiger charge is -2.14. The molecule has 0 atom stereocenters. The molecule has 1 amide bonds. The van der Waals surface area contributed by atoms with Gasteiger partial charge in [-0.25, -0.2) is 10.5 Å². The number of hydrogen-bond donors (Lipinski definition) is 3. The number of halogens is 1. The first-order chi connectivity index (χ1) is 12.4. The highest BCUT2D eigenvalue weighted by Crippen LogP contribution is 2.29. The van der Waals surface area contributed by atoms with Gasteiger partial charge < -0.3 is 10.6 Å². The van der Waals surface area contributed by atoms with Crippen LogP contribution < -0.4 is 16.1 Å². The number of para-hydroxylation sites is 1. The minimum absolute atomic E-state index is 0.362. The monoisotopic (exact) mass is 372 g/mol. The number of carbonyl (C=O) groups is 1. The fourth-order valence-corrected chi connectivity index (χ4v) is 2.44. The van der Waals surface area contributed by atoms with E-state index in [2.05, 4.69) is 27.7 Å². The summed E-state index contributed by atoms with van der Waals surface area (Å²) in [5.41, 5.74) is 5.77. The topological polar surface area (TPSA) is 75.3 Å². The van der Waals surface area contributed by atoms with E-state index in [1.165, 1.54) is 13.3 Å². The quantitative estimate of drug-likeness (QED) is 0.486. The van der Waals surface area contributed by atoms with Crippen LogP contribution in [0.2, 0.25) is 5.02 Å². The molecule has 0 saturated carbocycles. The highest BCUT2D eigenvalue weighted by molar-refractivity contribution is 6.33. The molecular weight excluding hydrogens is 352 g/mol. The summed E-state index contributed by atoms with van der Waals surface area (Å²) in [5.74, 6) is 0.255. The van der Waals surface area contributed by atoms with Gasteiger partial charge in [-0.1, -0.05) is 35.9 Å². The molecule has 0 spiro atoms. The average molecular weight is 373 g/mol. The summed E-state index contributed by atoms with van der Waals surface area (Å²) in [5, 5.41) is 6.77. The van der Waals surface area contributed by atoms with Crippen molar-refractivity contribution in [3.05, 3.63) is 71.0 Å². The summed E-state index contributed by atoms with van der Waals surface area (Å²) in [4.78, 5) is 21.1. The van der Waals surface area contributed by atoms with Gasteiger partial charge >= 0.3 is 0 Å². The number of hydrogen-bond acceptors (Lipinski definition) is 5. The van der Waals surface area contributed by atoms with Crippen LogP contribution in [-0.2, 0) is 4.84 Å².